The van der Waals surface area contributed by atoms with Gasteiger partial charge < -0.3 is 14.0 Å². The molecule has 2 aromatic heterocycles. The van der Waals surface area contributed by atoms with Crippen LogP contribution in [0.3, 0.4) is 0 Å². The summed E-state index contributed by atoms with van der Waals surface area (Å²) in [6, 6.07) is 62.2. The summed E-state index contributed by atoms with van der Waals surface area (Å²) in [6.07, 6.45) is 0. The topological polar surface area (TPSA) is 13.1 Å². The van der Waals surface area contributed by atoms with E-state index in [-0.39, 0.29) is 6.04 Å². The van der Waals surface area contributed by atoms with Crippen LogP contribution in [-0.4, -0.2) is 15.7 Å². The summed E-state index contributed by atoms with van der Waals surface area (Å²) in [6.45, 7) is 0.870. The van der Waals surface area contributed by atoms with Crippen LogP contribution in [-0.2, 0) is 0 Å². The molecule has 0 spiro atoms. The maximum atomic E-state index is 2.58. The Kier molecular flexibility index (Phi) is 5.70. The first kappa shape index (κ1) is 26.2. The van der Waals surface area contributed by atoms with Crippen molar-refractivity contribution in [1.29, 1.82) is 0 Å². The SMILES string of the molecule is c1ccc(N2CC(n3c4ccccc4c4ccccc43)c3cc(-c4ccc5c(c4)c4ccccc4n5-c4ccccc4)ccc32)cc1. The fraction of sp³-hybridized carbons (Fsp3) is 0.0455. The van der Waals surface area contributed by atoms with Gasteiger partial charge in [-0.15, -0.1) is 0 Å². The molecule has 0 saturated heterocycles. The highest BCUT2D eigenvalue weighted by Crippen LogP contribution is 2.46. The number of para-hydroxylation sites is 5. The molecule has 222 valence electrons. The number of anilines is 2. The van der Waals surface area contributed by atoms with Crippen LogP contribution in [0.4, 0.5) is 11.4 Å². The predicted molar refractivity (Wildman–Crippen MR) is 197 cm³/mol. The van der Waals surface area contributed by atoms with Crippen molar-refractivity contribution in [3.8, 4) is 16.8 Å². The van der Waals surface area contributed by atoms with E-state index in [4.69, 9.17) is 0 Å². The van der Waals surface area contributed by atoms with Crippen molar-refractivity contribution in [1.82, 2.24) is 9.13 Å². The molecule has 3 heteroatoms. The third kappa shape index (κ3) is 3.93. The molecule has 1 aliphatic rings. The lowest BCUT2D eigenvalue weighted by molar-refractivity contribution is 0.661. The molecule has 1 unspecified atom stereocenters. The molecule has 0 amide bonds. The Labute approximate surface area is 273 Å². The molecule has 10 rings (SSSR count). The number of nitrogens with zero attached hydrogens (tertiary/aromatic N) is 3. The summed E-state index contributed by atoms with van der Waals surface area (Å²) in [7, 11) is 0. The van der Waals surface area contributed by atoms with Gasteiger partial charge in [0.05, 0.1) is 17.1 Å². The van der Waals surface area contributed by atoms with Gasteiger partial charge in [0.1, 0.15) is 0 Å². The van der Waals surface area contributed by atoms with Crippen molar-refractivity contribution >= 4 is 55.0 Å². The number of rotatable bonds is 4. The summed E-state index contributed by atoms with van der Waals surface area (Å²) in [5.74, 6) is 0. The largest absolute Gasteiger partial charge is 0.339 e. The van der Waals surface area contributed by atoms with Crippen LogP contribution in [0.2, 0.25) is 0 Å². The van der Waals surface area contributed by atoms with Crippen LogP contribution in [0.25, 0.3) is 60.4 Å². The molecule has 0 aliphatic carbocycles. The summed E-state index contributed by atoms with van der Waals surface area (Å²) < 4.78 is 4.96. The smallest absolute Gasteiger partial charge is 0.0791 e. The average Bonchev–Trinajstić information content (AvgIpc) is 3.79. The molecular weight excluding hydrogens is 571 g/mol. The van der Waals surface area contributed by atoms with Crippen LogP contribution >= 0.6 is 0 Å². The number of hydrogen-bond donors (Lipinski definition) is 0. The molecule has 1 aliphatic heterocycles. The Bertz CT molecular complexity index is 2560. The van der Waals surface area contributed by atoms with Crippen LogP contribution in [0.5, 0.6) is 0 Å². The average molecular weight is 602 g/mol. The van der Waals surface area contributed by atoms with Gasteiger partial charge in [-0.1, -0.05) is 103 Å². The van der Waals surface area contributed by atoms with Gasteiger partial charge >= 0.3 is 0 Å². The molecule has 3 nitrogen and oxygen atoms in total. The van der Waals surface area contributed by atoms with Crippen molar-refractivity contribution in [2.24, 2.45) is 0 Å². The number of aromatic nitrogens is 2. The second-order valence-corrected chi connectivity index (χ2v) is 12.6. The molecule has 1 atom stereocenters. The second kappa shape index (κ2) is 10.2. The van der Waals surface area contributed by atoms with Gasteiger partial charge in [0.25, 0.3) is 0 Å². The molecule has 0 saturated carbocycles. The Hall–Kier alpha value is -6.06. The van der Waals surface area contributed by atoms with Gasteiger partial charge in [0, 0.05) is 61.7 Å². The molecule has 9 aromatic rings. The van der Waals surface area contributed by atoms with E-state index in [1.165, 1.54) is 77.4 Å². The zero-order valence-electron chi connectivity index (χ0n) is 25.8. The lowest BCUT2D eigenvalue weighted by Crippen LogP contribution is -2.19. The van der Waals surface area contributed by atoms with Gasteiger partial charge in [0.2, 0.25) is 0 Å². The number of hydrogen-bond acceptors (Lipinski definition) is 1. The molecule has 47 heavy (non-hydrogen) atoms. The number of fused-ring (bicyclic) bond motifs is 7. The Morgan fingerprint density at radius 2 is 0.915 bits per heavy atom. The van der Waals surface area contributed by atoms with Crippen LogP contribution in [0.1, 0.15) is 11.6 Å². The fourth-order valence-electron chi connectivity index (χ4n) is 7.99. The van der Waals surface area contributed by atoms with Crippen LogP contribution in [0, 0.1) is 0 Å². The zero-order chi connectivity index (χ0) is 30.9. The van der Waals surface area contributed by atoms with E-state index in [0.717, 1.165) is 6.54 Å². The quantitative estimate of drug-likeness (QED) is 0.196. The lowest BCUT2D eigenvalue weighted by atomic mass is 9.98. The van der Waals surface area contributed by atoms with E-state index in [1.807, 2.05) is 0 Å². The first-order valence-corrected chi connectivity index (χ1v) is 16.4. The van der Waals surface area contributed by atoms with E-state index in [9.17, 15) is 0 Å². The van der Waals surface area contributed by atoms with Gasteiger partial charge in [-0.2, -0.15) is 0 Å². The third-order valence-corrected chi connectivity index (χ3v) is 10.1. The van der Waals surface area contributed by atoms with Gasteiger partial charge in [-0.3, -0.25) is 0 Å². The molecule has 3 heterocycles. The van der Waals surface area contributed by atoms with Gasteiger partial charge in [-0.05, 0) is 77.9 Å². The third-order valence-electron chi connectivity index (χ3n) is 10.1. The summed E-state index contributed by atoms with van der Waals surface area (Å²) in [4.78, 5) is 2.49. The van der Waals surface area contributed by atoms with Crippen molar-refractivity contribution in [2.75, 3.05) is 11.4 Å². The maximum Gasteiger partial charge on any atom is 0.0791 e. The minimum atomic E-state index is 0.152. The zero-order valence-corrected chi connectivity index (χ0v) is 25.8. The standard InChI is InChI=1S/C44H31N3/c1-3-13-32(14-4-1)45-29-44(47-41-21-11-7-17-34(41)35-18-8-12-22-42(35)47)38-28-31(23-25-39(38)45)30-24-26-43-37(27-30)36-19-9-10-20-40(36)46(43)33-15-5-2-6-16-33/h1-28,44H,29H2. The molecule has 7 aromatic carbocycles. The van der Waals surface area contributed by atoms with E-state index >= 15 is 0 Å². The molecule has 0 radical (unpaired) electrons. The fourth-order valence-corrected chi connectivity index (χ4v) is 7.99. The predicted octanol–water partition coefficient (Wildman–Crippen LogP) is 11.3. The van der Waals surface area contributed by atoms with Crippen LogP contribution in [0.15, 0.2) is 170 Å². The van der Waals surface area contributed by atoms with E-state index in [0.29, 0.717) is 0 Å². The second-order valence-electron chi connectivity index (χ2n) is 12.6. The Morgan fingerprint density at radius 3 is 1.60 bits per heavy atom. The van der Waals surface area contributed by atoms with E-state index < -0.39 is 0 Å². The van der Waals surface area contributed by atoms with Crippen molar-refractivity contribution in [2.45, 2.75) is 6.04 Å². The van der Waals surface area contributed by atoms with Crippen LogP contribution < -0.4 is 4.90 Å². The van der Waals surface area contributed by atoms with Gasteiger partial charge in [-0.25, -0.2) is 0 Å². The van der Waals surface area contributed by atoms with Crippen molar-refractivity contribution in [3.05, 3.63) is 175 Å². The molecular formula is C44H31N3. The number of benzene rings is 7. The minimum Gasteiger partial charge on any atom is -0.339 e. The highest BCUT2D eigenvalue weighted by atomic mass is 15.2. The normalized spacial score (nSPS) is 14.5. The first-order chi connectivity index (χ1) is 23.3. The summed E-state index contributed by atoms with van der Waals surface area (Å²) in [5.41, 5.74) is 12.5. The minimum absolute atomic E-state index is 0.152. The Morgan fingerprint density at radius 1 is 0.404 bits per heavy atom. The van der Waals surface area contributed by atoms with Crippen molar-refractivity contribution < 1.29 is 0 Å². The Balaban J connectivity index is 1.18. The van der Waals surface area contributed by atoms with Crippen molar-refractivity contribution in [3.63, 3.8) is 0 Å². The highest BCUT2D eigenvalue weighted by Gasteiger charge is 2.33. The molecule has 0 bridgehead atoms. The first-order valence-electron chi connectivity index (χ1n) is 16.4. The van der Waals surface area contributed by atoms with Gasteiger partial charge in [0.15, 0.2) is 0 Å². The monoisotopic (exact) mass is 601 g/mol. The maximum absolute atomic E-state index is 2.58. The lowest BCUT2D eigenvalue weighted by Gasteiger charge is -2.21. The van der Waals surface area contributed by atoms with E-state index in [1.54, 1.807) is 0 Å². The highest BCUT2D eigenvalue weighted by molar-refractivity contribution is 6.11. The van der Waals surface area contributed by atoms with E-state index in [2.05, 4.69) is 184 Å². The summed E-state index contributed by atoms with van der Waals surface area (Å²) >= 11 is 0. The molecule has 0 N–H and O–H groups in total. The molecule has 0 fully saturated rings. The summed E-state index contributed by atoms with van der Waals surface area (Å²) in [5, 5.41) is 5.15.